The van der Waals surface area contributed by atoms with E-state index in [0.29, 0.717) is 0 Å². The van der Waals surface area contributed by atoms with Crippen molar-refractivity contribution in [3.05, 3.63) is 0 Å². The van der Waals surface area contributed by atoms with Crippen LogP contribution in [0.3, 0.4) is 0 Å². The summed E-state index contributed by atoms with van der Waals surface area (Å²) in [6, 6.07) is 0.847. The van der Waals surface area contributed by atoms with Crippen LogP contribution in [0.1, 0.15) is 38.5 Å². The highest BCUT2D eigenvalue weighted by Crippen LogP contribution is 2.20. The van der Waals surface area contributed by atoms with Crippen LogP contribution >= 0.6 is 12.6 Å². The van der Waals surface area contributed by atoms with Gasteiger partial charge in [-0.1, -0.05) is 25.7 Å². The van der Waals surface area contributed by atoms with Crippen LogP contribution in [0.5, 0.6) is 0 Å². The molecule has 1 nitrogen and oxygen atoms in total. The van der Waals surface area contributed by atoms with Gasteiger partial charge in [-0.15, -0.1) is 0 Å². The highest BCUT2D eigenvalue weighted by atomic mass is 32.1. The Kier molecular flexibility index (Phi) is 5.08. The molecule has 1 aliphatic rings. The van der Waals surface area contributed by atoms with Crippen LogP contribution in [0.25, 0.3) is 0 Å². The Bertz CT molecular complexity index is 108. The second-order valence-corrected chi connectivity index (χ2v) is 4.30. The molecule has 0 aromatic heterocycles. The van der Waals surface area contributed by atoms with E-state index in [1.165, 1.54) is 38.5 Å². The zero-order valence-electron chi connectivity index (χ0n) is 8.13. The zero-order chi connectivity index (χ0) is 8.81. The van der Waals surface area contributed by atoms with Crippen molar-refractivity contribution in [3.8, 4) is 0 Å². The molecule has 0 radical (unpaired) electrons. The van der Waals surface area contributed by atoms with E-state index in [9.17, 15) is 0 Å². The summed E-state index contributed by atoms with van der Waals surface area (Å²) >= 11 is 4.26. The molecule has 12 heavy (non-hydrogen) atoms. The van der Waals surface area contributed by atoms with Gasteiger partial charge in [0.15, 0.2) is 0 Å². The van der Waals surface area contributed by atoms with Crippen molar-refractivity contribution < 1.29 is 0 Å². The van der Waals surface area contributed by atoms with Crippen molar-refractivity contribution in [1.29, 1.82) is 0 Å². The second kappa shape index (κ2) is 5.87. The number of nitrogens with zero attached hydrogens (tertiary/aromatic N) is 1. The third-order valence-corrected chi connectivity index (χ3v) is 3.10. The first-order chi connectivity index (χ1) is 5.84. The lowest BCUT2D eigenvalue weighted by Gasteiger charge is -2.26. The highest BCUT2D eigenvalue weighted by Gasteiger charge is 2.15. The standard InChI is InChI=1S/C10H21NS/c1-11(8-9-12)10-6-4-2-3-5-7-10/h10,12H,2-9H2,1H3. The fraction of sp³-hybridized carbons (Fsp3) is 1.00. The molecule has 0 aliphatic heterocycles. The quantitative estimate of drug-likeness (QED) is 0.525. The summed E-state index contributed by atoms with van der Waals surface area (Å²) in [5.41, 5.74) is 0. The lowest BCUT2D eigenvalue weighted by Crippen LogP contribution is -2.32. The first kappa shape index (κ1) is 10.4. The smallest absolute Gasteiger partial charge is 0.00925 e. The summed E-state index contributed by atoms with van der Waals surface area (Å²) in [7, 11) is 2.24. The Morgan fingerprint density at radius 3 is 2.25 bits per heavy atom. The van der Waals surface area contributed by atoms with Gasteiger partial charge in [-0.25, -0.2) is 0 Å². The second-order valence-electron chi connectivity index (χ2n) is 3.85. The van der Waals surface area contributed by atoms with Crippen LogP contribution in [0, 0.1) is 0 Å². The molecule has 0 heterocycles. The van der Waals surface area contributed by atoms with E-state index in [1.807, 2.05) is 0 Å². The van der Waals surface area contributed by atoms with Crippen LogP contribution in [-0.4, -0.2) is 30.3 Å². The molecule has 1 aliphatic carbocycles. The molecule has 0 amide bonds. The Morgan fingerprint density at radius 1 is 1.17 bits per heavy atom. The Morgan fingerprint density at radius 2 is 1.75 bits per heavy atom. The maximum atomic E-state index is 4.26. The first-order valence-electron chi connectivity index (χ1n) is 5.15. The van der Waals surface area contributed by atoms with Crippen molar-refractivity contribution >= 4 is 12.6 Å². The first-order valence-corrected chi connectivity index (χ1v) is 5.79. The zero-order valence-corrected chi connectivity index (χ0v) is 9.02. The van der Waals surface area contributed by atoms with Crippen molar-refractivity contribution in [1.82, 2.24) is 4.90 Å². The largest absolute Gasteiger partial charge is 0.303 e. The van der Waals surface area contributed by atoms with Gasteiger partial charge in [-0.3, -0.25) is 0 Å². The van der Waals surface area contributed by atoms with Gasteiger partial charge >= 0.3 is 0 Å². The van der Waals surface area contributed by atoms with Gasteiger partial charge in [-0.05, 0) is 19.9 Å². The van der Waals surface area contributed by atoms with Crippen LogP contribution in [0.4, 0.5) is 0 Å². The van der Waals surface area contributed by atoms with Crippen molar-refractivity contribution in [3.63, 3.8) is 0 Å². The van der Waals surface area contributed by atoms with Gasteiger partial charge in [0.05, 0.1) is 0 Å². The van der Waals surface area contributed by atoms with Gasteiger partial charge < -0.3 is 4.90 Å². The maximum Gasteiger partial charge on any atom is 0.00925 e. The molecule has 1 rings (SSSR count). The molecule has 0 aromatic rings. The molecule has 1 saturated carbocycles. The molecule has 0 atom stereocenters. The van der Waals surface area contributed by atoms with E-state index in [0.717, 1.165) is 18.3 Å². The van der Waals surface area contributed by atoms with Gasteiger partial charge in [0.1, 0.15) is 0 Å². The minimum absolute atomic E-state index is 0.847. The minimum Gasteiger partial charge on any atom is -0.303 e. The van der Waals surface area contributed by atoms with E-state index in [-0.39, 0.29) is 0 Å². The van der Waals surface area contributed by atoms with Gasteiger partial charge in [0.25, 0.3) is 0 Å². The average Bonchev–Trinajstić information content (AvgIpc) is 2.32. The fourth-order valence-electron chi connectivity index (χ4n) is 2.04. The summed E-state index contributed by atoms with van der Waals surface area (Å²) in [4.78, 5) is 2.48. The van der Waals surface area contributed by atoms with Crippen LogP contribution < -0.4 is 0 Å². The molecule has 0 spiro atoms. The third-order valence-electron chi connectivity index (χ3n) is 2.90. The van der Waals surface area contributed by atoms with Gasteiger partial charge in [0.2, 0.25) is 0 Å². The molecule has 0 saturated heterocycles. The van der Waals surface area contributed by atoms with Gasteiger partial charge in [-0.2, -0.15) is 12.6 Å². The van der Waals surface area contributed by atoms with Crippen molar-refractivity contribution in [2.24, 2.45) is 0 Å². The normalized spacial score (nSPS) is 21.2. The van der Waals surface area contributed by atoms with E-state index >= 15 is 0 Å². The Balaban J connectivity index is 2.27. The van der Waals surface area contributed by atoms with Crippen molar-refractivity contribution in [2.45, 2.75) is 44.6 Å². The van der Waals surface area contributed by atoms with E-state index in [2.05, 4.69) is 24.6 Å². The average molecular weight is 187 g/mol. The Hall–Kier alpha value is 0.310. The molecule has 0 unspecified atom stereocenters. The number of thiol groups is 1. The van der Waals surface area contributed by atoms with Crippen LogP contribution in [0.2, 0.25) is 0 Å². The molecule has 0 aromatic carbocycles. The summed E-state index contributed by atoms with van der Waals surface area (Å²) < 4.78 is 0. The minimum atomic E-state index is 0.847. The summed E-state index contributed by atoms with van der Waals surface area (Å²) in [5.74, 6) is 0.993. The van der Waals surface area contributed by atoms with E-state index < -0.39 is 0 Å². The van der Waals surface area contributed by atoms with Gasteiger partial charge in [0, 0.05) is 18.3 Å². The summed E-state index contributed by atoms with van der Waals surface area (Å²) in [6.45, 7) is 1.15. The maximum absolute atomic E-state index is 4.26. The lowest BCUT2D eigenvalue weighted by atomic mass is 10.1. The lowest BCUT2D eigenvalue weighted by molar-refractivity contribution is 0.234. The molecule has 0 N–H and O–H groups in total. The predicted molar refractivity (Wildman–Crippen MR) is 58.0 cm³/mol. The number of rotatable bonds is 3. The molecule has 0 bridgehead atoms. The molecule has 2 heteroatoms. The number of hydrogen-bond acceptors (Lipinski definition) is 2. The summed E-state index contributed by atoms with van der Waals surface area (Å²) in [5, 5.41) is 0. The highest BCUT2D eigenvalue weighted by molar-refractivity contribution is 7.80. The fourth-order valence-corrected chi connectivity index (χ4v) is 2.35. The van der Waals surface area contributed by atoms with Crippen LogP contribution in [-0.2, 0) is 0 Å². The molecule has 72 valence electrons. The third kappa shape index (κ3) is 3.36. The van der Waals surface area contributed by atoms with Crippen LogP contribution in [0.15, 0.2) is 0 Å². The Labute approximate surface area is 81.9 Å². The number of hydrogen-bond donors (Lipinski definition) is 1. The molecule has 1 fully saturated rings. The SMILES string of the molecule is CN(CCS)C1CCCCCC1. The van der Waals surface area contributed by atoms with Crippen molar-refractivity contribution in [2.75, 3.05) is 19.3 Å². The topological polar surface area (TPSA) is 3.24 Å². The monoisotopic (exact) mass is 187 g/mol. The van der Waals surface area contributed by atoms with E-state index in [1.54, 1.807) is 0 Å². The summed E-state index contributed by atoms with van der Waals surface area (Å²) in [6.07, 6.45) is 8.58. The molecular weight excluding hydrogens is 166 g/mol. The van der Waals surface area contributed by atoms with E-state index in [4.69, 9.17) is 0 Å². The predicted octanol–water partition coefficient (Wildman–Crippen LogP) is 2.57. The molecular formula is C10H21NS.